The van der Waals surface area contributed by atoms with Gasteiger partial charge >= 0.3 is 0 Å². The number of nitriles is 1. The third-order valence-corrected chi connectivity index (χ3v) is 8.55. The molecule has 11 nitrogen and oxygen atoms in total. The van der Waals surface area contributed by atoms with Crippen LogP contribution in [0.4, 0.5) is 20.3 Å². The number of hydrogen-bond donors (Lipinski definition) is 3. The lowest BCUT2D eigenvalue weighted by molar-refractivity contribution is 0.103. The molecule has 0 atom stereocenters. The largest absolute Gasteiger partial charge is 0.433 e. The minimum absolute atomic E-state index is 0.0200. The molecule has 0 saturated carbocycles. The SMILES string of the molecule is Cc1cc2cc(C(=O)c3cnn(-c4cnc(Oc5c(F)cccc5F)cc4C)c3N)[nH]c2cc1NS(=O)(=O)c1cccc(C#N)c1. The van der Waals surface area contributed by atoms with Gasteiger partial charge in [0.25, 0.3) is 10.0 Å². The van der Waals surface area contributed by atoms with E-state index in [0.717, 1.165) is 12.1 Å². The number of benzene rings is 3. The van der Waals surface area contributed by atoms with Crippen molar-refractivity contribution >= 4 is 38.2 Å². The highest BCUT2D eigenvalue weighted by molar-refractivity contribution is 7.92. The lowest BCUT2D eigenvalue weighted by atomic mass is 10.1. The van der Waals surface area contributed by atoms with Gasteiger partial charge in [0.1, 0.15) is 5.82 Å². The Balaban J connectivity index is 1.26. The van der Waals surface area contributed by atoms with E-state index in [1.807, 2.05) is 6.07 Å². The minimum Gasteiger partial charge on any atom is -0.433 e. The van der Waals surface area contributed by atoms with Crippen molar-refractivity contribution in [3.63, 3.8) is 0 Å². The number of pyridine rings is 1. The molecule has 3 heterocycles. The summed E-state index contributed by atoms with van der Waals surface area (Å²) in [5.41, 5.74) is 9.16. The molecule has 230 valence electrons. The maximum Gasteiger partial charge on any atom is 0.261 e. The first-order valence-corrected chi connectivity index (χ1v) is 15.1. The molecule has 46 heavy (non-hydrogen) atoms. The van der Waals surface area contributed by atoms with Gasteiger partial charge in [-0.3, -0.25) is 9.52 Å². The number of aromatic nitrogens is 4. The van der Waals surface area contributed by atoms with E-state index < -0.39 is 33.2 Å². The number of carbonyl (C=O) groups excluding carboxylic acids is 1. The number of carbonyl (C=O) groups is 1. The van der Waals surface area contributed by atoms with Crippen LogP contribution in [0, 0.1) is 36.8 Å². The van der Waals surface area contributed by atoms with E-state index in [1.165, 1.54) is 53.5 Å². The summed E-state index contributed by atoms with van der Waals surface area (Å²) in [6, 6.07) is 17.3. The van der Waals surface area contributed by atoms with Gasteiger partial charge in [-0.15, -0.1) is 0 Å². The van der Waals surface area contributed by atoms with Gasteiger partial charge in [0.05, 0.1) is 51.6 Å². The number of ether oxygens (including phenoxy) is 1. The monoisotopic (exact) mass is 639 g/mol. The molecule has 0 radical (unpaired) electrons. The maximum atomic E-state index is 14.0. The molecule has 6 rings (SSSR count). The van der Waals surface area contributed by atoms with E-state index in [1.54, 1.807) is 32.0 Å². The second kappa shape index (κ2) is 11.5. The van der Waals surface area contributed by atoms with Crippen molar-refractivity contribution in [1.29, 1.82) is 5.26 Å². The average molecular weight is 640 g/mol. The molecule has 0 unspecified atom stereocenters. The molecule has 3 aromatic heterocycles. The van der Waals surface area contributed by atoms with Crippen LogP contribution in [0.15, 0.2) is 84.0 Å². The van der Waals surface area contributed by atoms with Gasteiger partial charge in [-0.05, 0) is 73.5 Å². The fraction of sp³-hybridized carbons (Fsp3) is 0.0625. The van der Waals surface area contributed by atoms with Gasteiger partial charge in [-0.25, -0.2) is 26.9 Å². The number of aromatic amines is 1. The summed E-state index contributed by atoms with van der Waals surface area (Å²) in [5.74, 6) is -2.85. The van der Waals surface area contributed by atoms with Crippen molar-refractivity contribution in [1.82, 2.24) is 19.7 Å². The Hall–Kier alpha value is -6.07. The molecule has 4 N–H and O–H groups in total. The summed E-state index contributed by atoms with van der Waals surface area (Å²) < 4.78 is 63.2. The summed E-state index contributed by atoms with van der Waals surface area (Å²) in [5, 5.41) is 14.0. The number of fused-ring (bicyclic) bond motifs is 1. The number of nitrogens with one attached hydrogen (secondary N) is 2. The summed E-state index contributed by atoms with van der Waals surface area (Å²) in [4.78, 5) is 20.6. The van der Waals surface area contributed by atoms with Crippen LogP contribution in [0.5, 0.6) is 11.6 Å². The van der Waals surface area contributed by atoms with E-state index in [-0.39, 0.29) is 39.1 Å². The van der Waals surface area contributed by atoms with E-state index >= 15 is 0 Å². The molecule has 0 saturated heterocycles. The summed E-state index contributed by atoms with van der Waals surface area (Å²) in [6.45, 7) is 3.41. The Morgan fingerprint density at radius 1 is 1.02 bits per heavy atom. The molecule has 0 aliphatic heterocycles. The zero-order chi connectivity index (χ0) is 32.7. The van der Waals surface area contributed by atoms with E-state index in [9.17, 15) is 22.0 Å². The van der Waals surface area contributed by atoms with Crippen LogP contribution >= 0.6 is 0 Å². The molecule has 0 bridgehead atoms. The zero-order valence-electron chi connectivity index (χ0n) is 24.2. The first-order valence-electron chi connectivity index (χ1n) is 13.6. The number of para-hydroxylation sites is 1. The highest BCUT2D eigenvalue weighted by Gasteiger charge is 2.22. The number of nitrogens with two attached hydrogens (primary N) is 1. The van der Waals surface area contributed by atoms with E-state index in [4.69, 9.17) is 15.7 Å². The average Bonchev–Trinajstić information content (AvgIpc) is 3.61. The van der Waals surface area contributed by atoms with Gasteiger partial charge in [0, 0.05) is 17.0 Å². The van der Waals surface area contributed by atoms with Crippen LogP contribution in [0.2, 0.25) is 0 Å². The van der Waals surface area contributed by atoms with Crippen molar-refractivity contribution < 1.29 is 26.7 Å². The fourth-order valence-electron chi connectivity index (χ4n) is 4.82. The number of rotatable bonds is 8. The van der Waals surface area contributed by atoms with Gasteiger partial charge in [-0.2, -0.15) is 10.4 Å². The van der Waals surface area contributed by atoms with Crippen molar-refractivity contribution in [3.8, 4) is 23.4 Å². The number of anilines is 2. The summed E-state index contributed by atoms with van der Waals surface area (Å²) in [6.07, 6.45) is 2.66. The smallest absolute Gasteiger partial charge is 0.261 e. The number of sulfonamides is 1. The number of nitrogen functional groups attached to an aromatic ring is 1. The molecular formula is C32H23F2N7O4S. The minimum atomic E-state index is -4.00. The summed E-state index contributed by atoms with van der Waals surface area (Å²) in [7, 11) is -4.00. The first-order chi connectivity index (χ1) is 21.9. The standard InChI is InChI=1S/C32H23F2N7O4S/c1-17-9-20-12-27(39-26(20)13-25(17)40-46(43,44)21-6-3-5-19(11-21)14-35)30(42)22-15-38-41(32(22)36)28-16-37-29(10-18(28)2)45-31-23(33)7-4-8-24(31)34/h3-13,15-16,39-40H,36H2,1-2H3. The number of aryl methyl sites for hydroxylation is 2. The molecule has 0 aliphatic rings. The molecule has 14 heteroatoms. The predicted molar refractivity (Wildman–Crippen MR) is 165 cm³/mol. The van der Waals surface area contributed by atoms with Gasteiger partial charge < -0.3 is 15.5 Å². The van der Waals surface area contributed by atoms with Crippen LogP contribution < -0.4 is 15.2 Å². The van der Waals surface area contributed by atoms with Crippen LogP contribution in [-0.2, 0) is 10.0 Å². The molecular weight excluding hydrogens is 616 g/mol. The lowest BCUT2D eigenvalue weighted by Gasteiger charge is -2.11. The summed E-state index contributed by atoms with van der Waals surface area (Å²) >= 11 is 0. The normalized spacial score (nSPS) is 11.4. The number of H-pyrrole nitrogens is 1. The highest BCUT2D eigenvalue weighted by Crippen LogP contribution is 2.31. The zero-order valence-corrected chi connectivity index (χ0v) is 25.0. The topological polar surface area (TPSA) is 169 Å². The molecule has 0 aliphatic carbocycles. The molecule has 0 amide bonds. The quantitative estimate of drug-likeness (QED) is 0.172. The molecule has 3 aromatic carbocycles. The third-order valence-electron chi connectivity index (χ3n) is 7.19. The second-order valence-electron chi connectivity index (χ2n) is 10.3. The van der Waals surface area contributed by atoms with Crippen molar-refractivity contribution in [2.45, 2.75) is 18.7 Å². The van der Waals surface area contributed by atoms with Gasteiger partial charge in [0.2, 0.25) is 17.4 Å². The van der Waals surface area contributed by atoms with Gasteiger partial charge in [-0.1, -0.05) is 12.1 Å². The van der Waals surface area contributed by atoms with Crippen LogP contribution in [0.25, 0.3) is 16.6 Å². The fourth-order valence-corrected chi connectivity index (χ4v) is 5.99. The van der Waals surface area contributed by atoms with Crippen molar-refractivity contribution in [2.24, 2.45) is 0 Å². The van der Waals surface area contributed by atoms with Crippen LogP contribution in [-0.4, -0.2) is 33.9 Å². The Labute approximate surface area is 260 Å². The Morgan fingerprint density at radius 3 is 2.48 bits per heavy atom. The molecule has 6 aromatic rings. The van der Waals surface area contributed by atoms with E-state index in [2.05, 4.69) is 19.8 Å². The Kier molecular flexibility index (Phi) is 7.46. The highest BCUT2D eigenvalue weighted by atomic mass is 32.2. The Morgan fingerprint density at radius 2 is 1.76 bits per heavy atom. The molecule has 0 spiro atoms. The number of ketones is 1. The predicted octanol–water partition coefficient (Wildman–Crippen LogP) is 5.92. The van der Waals surface area contributed by atoms with Gasteiger partial charge in [0.15, 0.2) is 11.6 Å². The number of halogens is 2. The number of hydrogen-bond acceptors (Lipinski definition) is 8. The third kappa shape index (κ3) is 5.51. The maximum absolute atomic E-state index is 14.0. The molecule has 0 fully saturated rings. The second-order valence-corrected chi connectivity index (χ2v) is 12.0. The first kappa shape index (κ1) is 30.0. The lowest BCUT2D eigenvalue weighted by Crippen LogP contribution is -2.14. The van der Waals surface area contributed by atoms with Crippen LogP contribution in [0.1, 0.15) is 32.7 Å². The van der Waals surface area contributed by atoms with E-state index in [0.29, 0.717) is 27.7 Å². The van der Waals surface area contributed by atoms with Crippen LogP contribution in [0.3, 0.4) is 0 Å². The number of nitrogens with zero attached hydrogens (tertiary/aromatic N) is 4. The Bertz CT molecular complexity index is 2320. The van der Waals surface area contributed by atoms with Crippen molar-refractivity contribution in [2.75, 3.05) is 10.5 Å². The van der Waals surface area contributed by atoms with Crippen molar-refractivity contribution in [3.05, 3.63) is 119 Å².